The van der Waals surface area contributed by atoms with Crippen molar-refractivity contribution in [2.45, 2.75) is 44.8 Å². The molecule has 2 aromatic rings. The zero-order valence-electron chi connectivity index (χ0n) is 20.4. The molecule has 0 saturated carbocycles. The number of hydrogen-bond acceptors (Lipinski definition) is 4. The molecule has 4 rings (SSSR count). The van der Waals surface area contributed by atoms with Gasteiger partial charge in [-0.2, -0.15) is 13.2 Å². The topological polar surface area (TPSA) is 54.5 Å². The molecule has 1 aliphatic carbocycles. The summed E-state index contributed by atoms with van der Waals surface area (Å²) in [4.78, 5) is 19.8. The second-order valence-electron chi connectivity index (χ2n) is 9.33. The summed E-state index contributed by atoms with van der Waals surface area (Å²) in [6.45, 7) is 4.12. The van der Waals surface area contributed by atoms with Crippen molar-refractivity contribution in [3.8, 4) is 0 Å². The van der Waals surface area contributed by atoms with E-state index in [1.165, 1.54) is 12.2 Å². The summed E-state index contributed by atoms with van der Waals surface area (Å²) < 4.78 is 45.0. The number of aromatic nitrogens is 1. The van der Waals surface area contributed by atoms with E-state index in [1.54, 1.807) is 6.20 Å². The number of alkyl halides is 3. The number of ether oxygens (including phenoxy) is 1. The molecule has 0 spiro atoms. The third kappa shape index (κ3) is 6.75. The summed E-state index contributed by atoms with van der Waals surface area (Å²) in [6.07, 6.45) is 2.35. The first-order chi connectivity index (χ1) is 17.3. The van der Waals surface area contributed by atoms with Gasteiger partial charge in [0.1, 0.15) is 12.4 Å². The Balaban J connectivity index is 1.28. The number of allylic oxidation sites excluding steroid dienone is 3. The molecule has 5 nitrogen and oxygen atoms in total. The predicted molar refractivity (Wildman–Crippen MR) is 132 cm³/mol. The van der Waals surface area contributed by atoms with Gasteiger partial charge in [0.25, 0.3) is 0 Å². The SMILES string of the molecule is Cc1ccc(C(NC(=O)C2CCN(CCOC3=CCCC=C3C(F)(F)F)CC2)c2ccccn2)cc1. The molecule has 1 aromatic carbocycles. The molecule has 0 radical (unpaired) electrons. The van der Waals surface area contributed by atoms with Crippen molar-refractivity contribution in [3.05, 3.63) is 89.0 Å². The number of halogens is 3. The van der Waals surface area contributed by atoms with Gasteiger partial charge in [-0.15, -0.1) is 0 Å². The fraction of sp³-hybridized carbons (Fsp3) is 0.429. The molecule has 2 aliphatic rings. The molecule has 1 fully saturated rings. The summed E-state index contributed by atoms with van der Waals surface area (Å²) >= 11 is 0. The molecule has 1 aliphatic heterocycles. The Labute approximate surface area is 210 Å². The van der Waals surface area contributed by atoms with Crippen LogP contribution in [0, 0.1) is 12.8 Å². The molecule has 1 atom stereocenters. The third-order valence-corrected chi connectivity index (χ3v) is 6.72. The van der Waals surface area contributed by atoms with Crippen molar-refractivity contribution in [3.63, 3.8) is 0 Å². The lowest BCUT2D eigenvalue weighted by Gasteiger charge is -2.32. The predicted octanol–water partition coefficient (Wildman–Crippen LogP) is 5.49. The molecule has 1 aromatic heterocycles. The van der Waals surface area contributed by atoms with Crippen LogP contribution in [0.15, 0.2) is 72.1 Å². The highest BCUT2D eigenvalue weighted by molar-refractivity contribution is 5.79. The standard InChI is InChI=1S/C28H32F3N3O2/c1-20-9-11-21(12-10-20)26(24-7-4-5-15-32-24)33-27(35)22-13-16-34(17-14-22)18-19-36-25-8-3-2-6-23(25)28(29,30)31/h4-12,15,22,26H,2-3,13-14,16-19H2,1H3,(H,33,35). The zero-order valence-corrected chi connectivity index (χ0v) is 20.4. The first-order valence-electron chi connectivity index (χ1n) is 12.4. The van der Waals surface area contributed by atoms with Crippen LogP contribution in [0.3, 0.4) is 0 Å². The van der Waals surface area contributed by atoms with Gasteiger partial charge in [0.15, 0.2) is 0 Å². The van der Waals surface area contributed by atoms with Crippen molar-refractivity contribution in [2.75, 3.05) is 26.2 Å². The van der Waals surface area contributed by atoms with E-state index in [0.717, 1.165) is 16.8 Å². The van der Waals surface area contributed by atoms with Crippen LogP contribution in [0.2, 0.25) is 0 Å². The van der Waals surface area contributed by atoms with Gasteiger partial charge in [0.05, 0.1) is 17.3 Å². The highest BCUT2D eigenvalue weighted by Crippen LogP contribution is 2.35. The minimum Gasteiger partial charge on any atom is -0.492 e. The van der Waals surface area contributed by atoms with Crippen molar-refractivity contribution >= 4 is 5.91 Å². The van der Waals surface area contributed by atoms with Gasteiger partial charge in [-0.05, 0) is 69.5 Å². The maximum absolute atomic E-state index is 13.2. The molecular formula is C28H32F3N3O2. The van der Waals surface area contributed by atoms with Crippen LogP contribution in [0.1, 0.15) is 48.5 Å². The van der Waals surface area contributed by atoms with E-state index >= 15 is 0 Å². The van der Waals surface area contributed by atoms with Crippen LogP contribution in [0.25, 0.3) is 0 Å². The van der Waals surface area contributed by atoms with Gasteiger partial charge in [-0.25, -0.2) is 0 Å². The van der Waals surface area contributed by atoms with Crippen LogP contribution in [0.4, 0.5) is 13.2 Å². The highest BCUT2D eigenvalue weighted by atomic mass is 19.4. The van der Waals surface area contributed by atoms with E-state index in [9.17, 15) is 18.0 Å². The molecule has 1 unspecified atom stereocenters. The highest BCUT2D eigenvalue weighted by Gasteiger charge is 2.37. The maximum atomic E-state index is 13.2. The molecular weight excluding hydrogens is 467 g/mol. The number of benzene rings is 1. The number of piperidine rings is 1. The molecule has 192 valence electrons. The molecule has 8 heteroatoms. The summed E-state index contributed by atoms with van der Waals surface area (Å²) in [6, 6.07) is 13.4. The first-order valence-corrected chi connectivity index (χ1v) is 12.4. The second-order valence-corrected chi connectivity index (χ2v) is 9.33. The van der Waals surface area contributed by atoms with Gasteiger partial charge in [0.2, 0.25) is 5.91 Å². The van der Waals surface area contributed by atoms with Gasteiger partial charge >= 0.3 is 6.18 Å². The fourth-order valence-corrected chi connectivity index (χ4v) is 4.64. The quantitative estimate of drug-likeness (QED) is 0.522. The number of aryl methyl sites for hydroxylation is 1. The van der Waals surface area contributed by atoms with Crippen molar-refractivity contribution < 1.29 is 22.7 Å². The summed E-state index contributed by atoms with van der Waals surface area (Å²) in [5.41, 5.74) is 2.23. The number of nitrogens with one attached hydrogen (secondary N) is 1. The Morgan fingerprint density at radius 1 is 1.11 bits per heavy atom. The Morgan fingerprint density at radius 2 is 1.83 bits per heavy atom. The third-order valence-electron chi connectivity index (χ3n) is 6.72. The lowest BCUT2D eigenvalue weighted by atomic mass is 9.94. The van der Waals surface area contributed by atoms with Crippen LogP contribution < -0.4 is 5.32 Å². The zero-order chi connectivity index (χ0) is 25.5. The van der Waals surface area contributed by atoms with Crippen LogP contribution in [-0.2, 0) is 9.53 Å². The number of hydrogen-bond donors (Lipinski definition) is 1. The number of carbonyl (C=O) groups is 1. The van der Waals surface area contributed by atoms with Gasteiger partial charge in [0, 0.05) is 18.7 Å². The summed E-state index contributed by atoms with van der Waals surface area (Å²) in [5, 5.41) is 3.19. The van der Waals surface area contributed by atoms with Crippen LogP contribution in [-0.4, -0.2) is 48.2 Å². The Morgan fingerprint density at radius 3 is 2.50 bits per heavy atom. The van der Waals surface area contributed by atoms with E-state index in [2.05, 4.69) is 15.2 Å². The molecule has 2 heterocycles. The van der Waals surface area contributed by atoms with Crippen molar-refractivity contribution in [2.24, 2.45) is 5.92 Å². The van der Waals surface area contributed by atoms with Crippen LogP contribution >= 0.6 is 0 Å². The molecule has 1 N–H and O–H groups in total. The van der Waals surface area contributed by atoms with E-state index < -0.39 is 11.7 Å². The van der Waals surface area contributed by atoms with E-state index in [4.69, 9.17) is 4.74 Å². The van der Waals surface area contributed by atoms with Gasteiger partial charge in [-0.3, -0.25) is 14.7 Å². The molecule has 36 heavy (non-hydrogen) atoms. The number of rotatable bonds is 8. The summed E-state index contributed by atoms with van der Waals surface area (Å²) in [5.74, 6) is -0.200. The average Bonchev–Trinajstić information content (AvgIpc) is 2.88. The second kappa shape index (κ2) is 11.7. The number of carbonyl (C=O) groups excluding carboxylic acids is 1. The normalized spacial score (nSPS) is 18.2. The van der Waals surface area contributed by atoms with Crippen molar-refractivity contribution in [1.29, 1.82) is 0 Å². The maximum Gasteiger partial charge on any atom is 0.419 e. The Hall–Kier alpha value is -3.13. The molecule has 1 saturated heterocycles. The first kappa shape index (κ1) is 25.9. The minimum atomic E-state index is -4.40. The Kier molecular flexibility index (Phi) is 8.46. The molecule has 1 amide bonds. The molecule has 0 bridgehead atoms. The lowest BCUT2D eigenvalue weighted by Crippen LogP contribution is -2.42. The fourth-order valence-electron chi connectivity index (χ4n) is 4.64. The van der Waals surface area contributed by atoms with E-state index in [0.29, 0.717) is 45.3 Å². The van der Waals surface area contributed by atoms with E-state index in [-0.39, 0.29) is 30.2 Å². The number of likely N-dealkylation sites (tertiary alicyclic amines) is 1. The largest absolute Gasteiger partial charge is 0.492 e. The minimum absolute atomic E-state index is 0.00514. The van der Waals surface area contributed by atoms with Gasteiger partial charge < -0.3 is 10.1 Å². The lowest BCUT2D eigenvalue weighted by molar-refractivity contribution is -0.127. The van der Waals surface area contributed by atoms with E-state index in [1.807, 2.05) is 49.4 Å². The average molecular weight is 500 g/mol. The summed E-state index contributed by atoms with van der Waals surface area (Å²) in [7, 11) is 0. The van der Waals surface area contributed by atoms with Crippen LogP contribution in [0.5, 0.6) is 0 Å². The van der Waals surface area contributed by atoms with Crippen molar-refractivity contribution in [1.82, 2.24) is 15.2 Å². The number of nitrogens with zero attached hydrogens (tertiary/aromatic N) is 2. The van der Waals surface area contributed by atoms with Gasteiger partial charge in [-0.1, -0.05) is 42.0 Å². The number of pyridine rings is 1. The number of amides is 1. The Bertz CT molecular complexity index is 1070. The smallest absolute Gasteiger partial charge is 0.419 e. The monoisotopic (exact) mass is 499 g/mol.